The van der Waals surface area contributed by atoms with Crippen molar-refractivity contribution in [1.29, 1.82) is 0 Å². The first kappa shape index (κ1) is 15.8. The minimum absolute atomic E-state index is 0.0367. The first-order valence-corrected chi connectivity index (χ1v) is 7.96. The predicted molar refractivity (Wildman–Crippen MR) is 86.8 cm³/mol. The molecule has 1 aromatic carbocycles. The number of imidazole rings is 1. The highest BCUT2D eigenvalue weighted by Crippen LogP contribution is 2.27. The Kier molecular flexibility index (Phi) is 4.88. The van der Waals surface area contributed by atoms with Gasteiger partial charge >= 0.3 is 5.69 Å². The Labute approximate surface area is 126 Å². The minimum atomic E-state index is -0.445. The van der Waals surface area contributed by atoms with E-state index in [0.717, 1.165) is 41.4 Å². The van der Waals surface area contributed by atoms with Crippen LogP contribution in [0.2, 0.25) is 0 Å². The van der Waals surface area contributed by atoms with Gasteiger partial charge in [-0.3, -0.25) is 9.13 Å². The Hall–Kier alpha value is -1.55. The fourth-order valence-electron chi connectivity index (χ4n) is 3.00. The molecule has 4 heteroatoms. The fraction of sp³-hybridized carbons (Fsp3) is 0.588. The summed E-state index contributed by atoms with van der Waals surface area (Å²) >= 11 is 0. The monoisotopic (exact) mass is 290 g/mol. The smallest absolute Gasteiger partial charge is 0.329 e. The van der Waals surface area contributed by atoms with E-state index in [0.29, 0.717) is 13.1 Å². The van der Waals surface area contributed by atoms with Gasteiger partial charge in [-0.05, 0) is 50.5 Å². The maximum absolute atomic E-state index is 12.4. The van der Waals surface area contributed by atoms with Gasteiger partial charge in [0.1, 0.15) is 0 Å². The number of aliphatic hydroxyl groups excluding tert-OH is 1. The highest BCUT2D eigenvalue weighted by Gasteiger charge is 2.16. The highest BCUT2D eigenvalue weighted by molar-refractivity contribution is 5.78. The van der Waals surface area contributed by atoms with E-state index in [1.165, 1.54) is 0 Å². The number of benzene rings is 1. The molecule has 2 rings (SSSR count). The molecule has 1 heterocycles. The normalized spacial score (nSPS) is 13.0. The number of rotatable bonds is 6. The number of unbranched alkanes of at least 4 members (excludes halogenated alkanes) is 1. The molecule has 1 aromatic heterocycles. The molecule has 0 amide bonds. The van der Waals surface area contributed by atoms with Crippen molar-refractivity contribution >= 4 is 11.0 Å². The summed E-state index contributed by atoms with van der Waals surface area (Å²) in [5.74, 6) is 0. The zero-order valence-electron chi connectivity index (χ0n) is 13.5. The molecule has 116 valence electrons. The summed E-state index contributed by atoms with van der Waals surface area (Å²) in [6.45, 7) is 9.42. The molecule has 1 N–H and O–H groups in total. The van der Waals surface area contributed by atoms with Gasteiger partial charge in [-0.25, -0.2) is 4.79 Å². The van der Waals surface area contributed by atoms with Crippen molar-refractivity contribution < 1.29 is 5.11 Å². The molecule has 0 radical (unpaired) electrons. The van der Waals surface area contributed by atoms with Crippen LogP contribution < -0.4 is 5.69 Å². The summed E-state index contributed by atoms with van der Waals surface area (Å²) in [6.07, 6.45) is 2.41. The number of aliphatic hydroxyl groups is 1. The predicted octanol–water partition coefficient (Wildman–Crippen LogP) is 3.37. The van der Waals surface area contributed by atoms with Crippen LogP contribution in [0.1, 0.15) is 57.3 Å². The molecule has 0 aliphatic carbocycles. The van der Waals surface area contributed by atoms with Crippen LogP contribution >= 0.6 is 0 Å². The lowest BCUT2D eigenvalue weighted by Crippen LogP contribution is -2.23. The molecule has 1 atom stereocenters. The Bertz CT molecular complexity index is 682. The summed E-state index contributed by atoms with van der Waals surface area (Å²) in [7, 11) is 0. The third-order valence-electron chi connectivity index (χ3n) is 4.23. The van der Waals surface area contributed by atoms with Gasteiger partial charge in [-0.2, -0.15) is 0 Å². The Morgan fingerprint density at radius 2 is 1.67 bits per heavy atom. The molecule has 0 spiro atoms. The van der Waals surface area contributed by atoms with Crippen LogP contribution in [0.3, 0.4) is 0 Å². The van der Waals surface area contributed by atoms with E-state index < -0.39 is 6.10 Å². The third-order valence-corrected chi connectivity index (χ3v) is 4.23. The molecule has 0 saturated carbocycles. The van der Waals surface area contributed by atoms with Gasteiger partial charge in [0.15, 0.2) is 0 Å². The van der Waals surface area contributed by atoms with Gasteiger partial charge in [0.2, 0.25) is 0 Å². The zero-order chi connectivity index (χ0) is 15.6. The standard InChI is InChI=1S/C17H26N2O2/c1-5-8-9-16(20)13-11-15-14(10-12(13)4)18(6-2)17(21)19(15)7-3/h10-11,16,20H,5-9H2,1-4H3. The Morgan fingerprint density at radius 3 is 2.19 bits per heavy atom. The molecule has 2 aromatic rings. The summed E-state index contributed by atoms with van der Waals surface area (Å²) < 4.78 is 3.59. The maximum Gasteiger partial charge on any atom is 0.329 e. The van der Waals surface area contributed by atoms with Crippen molar-refractivity contribution in [2.24, 2.45) is 0 Å². The fourth-order valence-corrected chi connectivity index (χ4v) is 3.00. The number of aromatic nitrogens is 2. The average molecular weight is 290 g/mol. The van der Waals surface area contributed by atoms with Crippen LogP contribution in [0, 0.1) is 6.92 Å². The van der Waals surface area contributed by atoms with Gasteiger partial charge in [-0.15, -0.1) is 0 Å². The zero-order valence-corrected chi connectivity index (χ0v) is 13.5. The van der Waals surface area contributed by atoms with Crippen molar-refractivity contribution in [3.8, 4) is 0 Å². The molecule has 4 nitrogen and oxygen atoms in total. The van der Waals surface area contributed by atoms with E-state index in [-0.39, 0.29) is 5.69 Å². The lowest BCUT2D eigenvalue weighted by Gasteiger charge is -2.14. The van der Waals surface area contributed by atoms with Gasteiger partial charge in [-0.1, -0.05) is 19.8 Å². The second-order valence-electron chi connectivity index (χ2n) is 5.63. The largest absolute Gasteiger partial charge is 0.388 e. The van der Waals surface area contributed by atoms with Crippen molar-refractivity contribution in [1.82, 2.24) is 9.13 Å². The summed E-state index contributed by atoms with van der Waals surface area (Å²) in [5, 5.41) is 10.4. The van der Waals surface area contributed by atoms with Crippen LogP contribution in [-0.2, 0) is 13.1 Å². The third kappa shape index (κ3) is 2.77. The Balaban J connectivity index is 2.61. The molecular weight excluding hydrogens is 264 g/mol. The van der Waals surface area contributed by atoms with E-state index in [9.17, 15) is 9.90 Å². The number of nitrogens with zero attached hydrogens (tertiary/aromatic N) is 2. The maximum atomic E-state index is 12.4. The lowest BCUT2D eigenvalue weighted by atomic mass is 9.98. The molecule has 0 aliphatic heterocycles. The number of hydrogen-bond acceptors (Lipinski definition) is 2. The number of hydrogen-bond donors (Lipinski definition) is 1. The first-order valence-electron chi connectivity index (χ1n) is 7.96. The van der Waals surface area contributed by atoms with Crippen molar-refractivity contribution in [2.45, 2.75) is 66.2 Å². The van der Waals surface area contributed by atoms with E-state index >= 15 is 0 Å². The van der Waals surface area contributed by atoms with E-state index in [1.807, 2.05) is 32.9 Å². The van der Waals surface area contributed by atoms with Gasteiger partial charge < -0.3 is 5.11 Å². The number of fused-ring (bicyclic) bond motifs is 1. The van der Waals surface area contributed by atoms with Crippen LogP contribution in [0.25, 0.3) is 11.0 Å². The van der Waals surface area contributed by atoms with Crippen molar-refractivity contribution in [3.05, 3.63) is 33.7 Å². The van der Waals surface area contributed by atoms with E-state index in [1.54, 1.807) is 9.13 Å². The molecule has 0 aliphatic rings. The first-order chi connectivity index (χ1) is 10.0. The van der Waals surface area contributed by atoms with Gasteiger partial charge in [0, 0.05) is 13.1 Å². The summed E-state index contributed by atoms with van der Waals surface area (Å²) in [4.78, 5) is 12.4. The van der Waals surface area contributed by atoms with E-state index in [4.69, 9.17) is 0 Å². The van der Waals surface area contributed by atoms with Crippen LogP contribution in [0.4, 0.5) is 0 Å². The van der Waals surface area contributed by atoms with Crippen molar-refractivity contribution in [2.75, 3.05) is 0 Å². The second kappa shape index (κ2) is 6.48. The minimum Gasteiger partial charge on any atom is -0.388 e. The highest BCUT2D eigenvalue weighted by atomic mass is 16.3. The lowest BCUT2D eigenvalue weighted by molar-refractivity contribution is 0.163. The van der Waals surface area contributed by atoms with Gasteiger partial charge in [0.05, 0.1) is 17.1 Å². The van der Waals surface area contributed by atoms with Crippen LogP contribution in [-0.4, -0.2) is 14.2 Å². The summed E-state index contributed by atoms with van der Waals surface area (Å²) in [5.41, 5.74) is 3.94. The Morgan fingerprint density at radius 1 is 1.10 bits per heavy atom. The molecule has 1 unspecified atom stereocenters. The van der Waals surface area contributed by atoms with Crippen LogP contribution in [0.15, 0.2) is 16.9 Å². The molecule has 0 fully saturated rings. The van der Waals surface area contributed by atoms with E-state index in [2.05, 4.69) is 6.92 Å². The molecule has 0 saturated heterocycles. The quantitative estimate of drug-likeness (QED) is 0.886. The molecule has 21 heavy (non-hydrogen) atoms. The molecule has 0 bridgehead atoms. The molecular formula is C17H26N2O2. The average Bonchev–Trinajstić information content (AvgIpc) is 2.73. The van der Waals surface area contributed by atoms with Crippen LogP contribution in [0.5, 0.6) is 0 Å². The van der Waals surface area contributed by atoms with Crippen molar-refractivity contribution in [3.63, 3.8) is 0 Å². The summed E-state index contributed by atoms with van der Waals surface area (Å²) in [6, 6.07) is 4.04. The number of aryl methyl sites for hydroxylation is 3. The topological polar surface area (TPSA) is 47.2 Å². The van der Waals surface area contributed by atoms with Gasteiger partial charge in [0.25, 0.3) is 0 Å². The SMILES string of the molecule is CCCCC(O)c1cc2c(cc1C)n(CC)c(=O)n2CC. The second-order valence-corrected chi connectivity index (χ2v) is 5.63.